The Morgan fingerprint density at radius 1 is 1.45 bits per heavy atom. The van der Waals surface area contributed by atoms with E-state index in [1.165, 1.54) is 10.5 Å². The fraction of sp³-hybridized carbons (Fsp3) is 0.571. The van der Waals surface area contributed by atoms with E-state index in [0.717, 1.165) is 11.3 Å². The van der Waals surface area contributed by atoms with E-state index in [0.29, 0.717) is 13.1 Å². The second-order valence-corrected chi connectivity index (χ2v) is 6.05. The highest BCUT2D eigenvalue weighted by Gasteiger charge is 2.18. The normalized spacial score (nSPS) is 10.6. The van der Waals surface area contributed by atoms with E-state index in [1.54, 1.807) is 11.3 Å². The first-order valence-corrected chi connectivity index (χ1v) is 7.61. The largest absolute Gasteiger partial charge is 0.480 e. The molecule has 0 radical (unpaired) electrons. The molecule has 0 unspecified atom stereocenters. The molecule has 1 aromatic heterocycles. The number of carbonyl (C=O) groups is 2. The van der Waals surface area contributed by atoms with Crippen LogP contribution in [0.25, 0.3) is 0 Å². The minimum Gasteiger partial charge on any atom is -0.480 e. The summed E-state index contributed by atoms with van der Waals surface area (Å²) in [7, 11) is 0. The van der Waals surface area contributed by atoms with Gasteiger partial charge in [-0.05, 0) is 29.3 Å². The smallest absolute Gasteiger partial charge is 0.323 e. The van der Waals surface area contributed by atoms with Gasteiger partial charge in [-0.25, -0.2) is 4.79 Å². The zero-order chi connectivity index (χ0) is 15.1. The molecule has 2 amide bonds. The molecule has 112 valence electrons. The summed E-state index contributed by atoms with van der Waals surface area (Å²) in [6.45, 7) is 6.60. The van der Waals surface area contributed by atoms with Crippen molar-refractivity contribution in [2.45, 2.75) is 33.7 Å². The second kappa shape index (κ2) is 7.89. The predicted molar refractivity (Wildman–Crippen MR) is 80.0 cm³/mol. The molecule has 1 heterocycles. The lowest BCUT2D eigenvalue weighted by Gasteiger charge is -2.23. The summed E-state index contributed by atoms with van der Waals surface area (Å²) in [6.07, 6.45) is 0.930. The lowest BCUT2D eigenvalue weighted by Crippen LogP contribution is -2.44. The summed E-state index contributed by atoms with van der Waals surface area (Å²) < 4.78 is 0. The van der Waals surface area contributed by atoms with Gasteiger partial charge in [0.05, 0.1) is 6.54 Å². The van der Waals surface area contributed by atoms with Gasteiger partial charge in [0.1, 0.15) is 6.54 Å². The van der Waals surface area contributed by atoms with Crippen molar-refractivity contribution in [2.75, 3.05) is 13.1 Å². The molecule has 0 fully saturated rings. The van der Waals surface area contributed by atoms with E-state index >= 15 is 0 Å². The van der Waals surface area contributed by atoms with Gasteiger partial charge in [0.2, 0.25) is 0 Å². The van der Waals surface area contributed by atoms with Gasteiger partial charge in [0.25, 0.3) is 0 Å². The van der Waals surface area contributed by atoms with Gasteiger partial charge in [-0.3, -0.25) is 4.79 Å². The van der Waals surface area contributed by atoms with Crippen LogP contribution < -0.4 is 5.32 Å². The fourth-order valence-electron chi connectivity index (χ4n) is 1.93. The first-order valence-electron chi connectivity index (χ1n) is 6.73. The number of rotatable bonds is 7. The van der Waals surface area contributed by atoms with Gasteiger partial charge in [-0.2, -0.15) is 0 Å². The number of amides is 2. The van der Waals surface area contributed by atoms with Crippen molar-refractivity contribution in [3.63, 3.8) is 0 Å². The van der Waals surface area contributed by atoms with Crippen molar-refractivity contribution in [1.29, 1.82) is 0 Å². The number of carbonyl (C=O) groups excluding carboxylic acids is 1. The summed E-state index contributed by atoms with van der Waals surface area (Å²) in [5, 5.41) is 13.7. The van der Waals surface area contributed by atoms with E-state index < -0.39 is 5.97 Å². The summed E-state index contributed by atoms with van der Waals surface area (Å²) in [4.78, 5) is 25.3. The molecule has 5 nitrogen and oxygen atoms in total. The Bertz CT molecular complexity index is 457. The molecule has 0 spiro atoms. The third kappa shape index (κ3) is 5.21. The number of hydrogen-bond donors (Lipinski definition) is 2. The molecule has 6 heteroatoms. The fourth-order valence-corrected chi connectivity index (χ4v) is 2.84. The van der Waals surface area contributed by atoms with Crippen LogP contribution in [0, 0.1) is 5.92 Å². The van der Waals surface area contributed by atoms with Gasteiger partial charge in [-0.15, -0.1) is 11.3 Å². The molecule has 0 saturated carbocycles. The third-order valence-corrected chi connectivity index (χ3v) is 3.78. The quantitative estimate of drug-likeness (QED) is 0.813. The molecule has 0 aliphatic rings. The molecule has 0 aliphatic carbocycles. The minimum absolute atomic E-state index is 0.230. The number of carboxylic acids is 1. The second-order valence-electron chi connectivity index (χ2n) is 5.05. The number of nitrogens with one attached hydrogen (secondary N) is 1. The average Bonchev–Trinajstić information content (AvgIpc) is 2.81. The number of aliphatic carboxylic acids is 1. The Kier molecular flexibility index (Phi) is 6.51. The highest BCUT2D eigenvalue weighted by molar-refractivity contribution is 7.10. The molecule has 0 aromatic carbocycles. The summed E-state index contributed by atoms with van der Waals surface area (Å²) >= 11 is 1.61. The number of hydrogen-bond acceptors (Lipinski definition) is 3. The standard InChI is InChI=1S/C14H22N2O3S/c1-4-11-5-6-20-12(11)7-15-14(19)16(8-10(2)3)9-13(17)18/h5-6,10H,4,7-9H2,1-3H3,(H,15,19)(H,17,18). The molecule has 0 bridgehead atoms. The maximum absolute atomic E-state index is 12.1. The van der Waals surface area contributed by atoms with Crippen molar-refractivity contribution in [3.8, 4) is 0 Å². The van der Waals surface area contributed by atoms with E-state index in [4.69, 9.17) is 5.11 Å². The summed E-state index contributed by atoms with van der Waals surface area (Å²) in [5.74, 6) is -0.765. The third-order valence-electron chi connectivity index (χ3n) is 2.82. The Balaban J connectivity index is 2.59. The van der Waals surface area contributed by atoms with Crippen molar-refractivity contribution >= 4 is 23.3 Å². The van der Waals surface area contributed by atoms with E-state index in [2.05, 4.69) is 18.3 Å². The number of nitrogens with zero attached hydrogens (tertiary/aromatic N) is 1. The molecular formula is C14H22N2O3S. The maximum atomic E-state index is 12.1. The highest BCUT2D eigenvalue weighted by Crippen LogP contribution is 2.17. The zero-order valence-corrected chi connectivity index (χ0v) is 13.0. The topological polar surface area (TPSA) is 69.6 Å². The number of urea groups is 1. The summed E-state index contributed by atoms with van der Waals surface area (Å²) in [5.41, 5.74) is 1.23. The SMILES string of the molecule is CCc1ccsc1CNC(=O)N(CC(=O)O)CC(C)C. The molecule has 1 aromatic rings. The van der Waals surface area contributed by atoms with Crippen LogP contribution >= 0.6 is 11.3 Å². The van der Waals surface area contributed by atoms with Crippen molar-refractivity contribution in [1.82, 2.24) is 10.2 Å². The number of aryl methyl sites for hydroxylation is 1. The van der Waals surface area contributed by atoms with Crippen LogP contribution in [0.15, 0.2) is 11.4 Å². The first kappa shape index (κ1) is 16.5. The maximum Gasteiger partial charge on any atom is 0.323 e. The van der Waals surface area contributed by atoms with Crippen LogP contribution in [0.5, 0.6) is 0 Å². The van der Waals surface area contributed by atoms with E-state index in [-0.39, 0.29) is 18.5 Å². The van der Waals surface area contributed by atoms with Gasteiger partial charge in [-0.1, -0.05) is 20.8 Å². The lowest BCUT2D eigenvalue weighted by atomic mass is 10.2. The lowest BCUT2D eigenvalue weighted by molar-refractivity contribution is -0.137. The van der Waals surface area contributed by atoms with Gasteiger partial charge in [0.15, 0.2) is 0 Å². The van der Waals surface area contributed by atoms with E-state index in [1.807, 2.05) is 19.2 Å². The monoisotopic (exact) mass is 298 g/mol. The first-order chi connectivity index (χ1) is 9.43. The predicted octanol–water partition coefficient (Wildman–Crippen LogP) is 2.56. The van der Waals surface area contributed by atoms with Crippen molar-refractivity contribution in [2.24, 2.45) is 5.92 Å². The Morgan fingerprint density at radius 2 is 2.15 bits per heavy atom. The molecule has 0 aliphatic heterocycles. The number of thiophene rings is 1. The van der Waals surface area contributed by atoms with E-state index in [9.17, 15) is 9.59 Å². The zero-order valence-electron chi connectivity index (χ0n) is 12.2. The van der Waals surface area contributed by atoms with Crippen LogP contribution in [-0.4, -0.2) is 35.1 Å². The minimum atomic E-state index is -0.994. The van der Waals surface area contributed by atoms with Gasteiger partial charge in [0, 0.05) is 11.4 Å². The Labute approximate surface area is 123 Å². The van der Waals surface area contributed by atoms with Crippen molar-refractivity contribution in [3.05, 3.63) is 21.9 Å². The molecule has 0 atom stereocenters. The highest BCUT2D eigenvalue weighted by atomic mass is 32.1. The number of carboxylic acid groups (broad SMARTS) is 1. The average molecular weight is 298 g/mol. The van der Waals surface area contributed by atoms with Crippen LogP contribution in [0.4, 0.5) is 4.79 Å². The molecular weight excluding hydrogens is 276 g/mol. The summed E-state index contributed by atoms with van der Waals surface area (Å²) in [6, 6.07) is 1.73. The Hall–Kier alpha value is -1.56. The van der Waals surface area contributed by atoms with Gasteiger partial charge < -0.3 is 15.3 Å². The molecule has 20 heavy (non-hydrogen) atoms. The molecule has 2 N–H and O–H groups in total. The van der Waals surface area contributed by atoms with Gasteiger partial charge >= 0.3 is 12.0 Å². The van der Waals surface area contributed by atoms with Crippen LogP contribution in [0.2, 0.25) is 0 Å². The van der Waals surface area contributed by atoms with Crippen LogP contribution in [0.3, 0.4) is 0 Å². The van der Waals surface area contributed by atoms with Crippen LogP contribution in [0.1, 0.15) is 31.2 Å². The molecule has 0 saturated heterocycles. The molecule has 1 rings (SSSR count). The van der Waals surface area contributed by atoms with Crippen LogP contribution in [-0.2, 0) is 17.8 Å². The Morgan fingerprint density at radius 3 is 2.70 bits per heavy atom. The van der Waals surface area contributed by atoms with Crippen molar-refractivity contribution < 1.29 is 14.7 Å².